The average Bonchev–Trinajstić information content (AvgIpc) is 2.84. The van der Waals surface area contributed by atoms with Gasteiger partial charge in [-0.3, -0.25) is 0 Å². The van der Waals surface area contributed by atoms with Gasteiger partial charge in [0.15, 0.2) is 11.7 Å². The van der Waals surface area contributed by atoms with Gasteiger partial charge in [-0.2, -0.15) is 0 Å². The molecule has 1 aromatic heterocycles. The molecule has 1 heterocycles. The minimum Gasteiger partial charge on any atom is -0.381 e. The van der Waals surface area contributed by atoms with Gasteiger partial charge >= 0.3 is 0 Å². The first kappa shape index (κ1) is 14.4. The summed E-state index contributed by atoms with van der Waals surface area (Å²) in [6, 6.07) is 7.18. The van der Waals surface area contributed by atoms with Gasteiger partial charge < -0.3 is 20.7 Å². The second kappa shape index (κ2) is 6.40. The third-order valence-electron chi connectivity index (χ3n) is 2.75. The van der Waals surface area contributed by atoms with E-state index in [0.717, 1.165) is 11.1 Å². The molecule has 1 aromatic carbocycles. The maximum absolute atomic E-state index is 8.96. The van der Waals surface area contributed by atoms with Crippen molar-refractivity contribution in [3.05, 3.63) is 46.2 Å². The van der Waals surface area contributed by atoms with Crippen molar-refractivity contribution in [2.75, 3.05) is 12.5 Å². The molecule has 0 saturated carbocycles. The normalized spacial score (nSPS) is 11.7. The Hall–Kier alpha value is -2.05. The fourth-order valence-electron chi connectivity index (χ4n) is 1.70. The summed E-state index contributed by atoms with van der Waals surface area (Å²) in [5, 5.41) is 16.3. The molecule has 2 aromatic rings. The number of hydrogen-bond donors (Lipinski definition) is 3. The molecule has 0 aliphatic rings. The van der Waals surface area contributed by atoms with E-state index in [-0.39, 0.29) is 12.5 Å². The van der Waals surface area contributed by atoms with E-state index in [1.54, 1.807) is 0 Å². The van der Waals surface area contributed by atoms with Crippen LogP contribution in [0.15, 0.2) is 33.8 Å². The monoisotopic (exact) mass is 294 g/mol. The van der Waals surface area contributed by atoms with E-state index in [2.05, 4.69) is 15.5 Å². The number of amidine groups is 1. The Labute approximate surface area is 121 Å². The van der Waals surface area contributed by atoms with E-state index in [4.69, 9.17) is 27.0 Å². The van der Waals surface area contributed by atoms with Crippen molar-refractivity contribution < 1.29 is 9.63 Å². The lowest BCUT2D eigenvalue weighted by Gasteiger charge is -2.09. The summed E-state index contributed by atoms with van der Waals surface area (Å²) in [7, 11) is 0. The summed E-state index contributed by atoms with van der Waals surface area (Å²) < 4.78 is 5.02. The molecule has 20 heavy (non-hydrogen) atoms. The maximum Gasteiger partial charge on any atom is 0.203 e. The van der Waals surface area contributed by atoms with Gasteiger partial charge in [-0.25, -0.2) is 4.99 Å². The third-order valence-corrected chi connectivity index (χ3v) is 2.98. The number of aliphatic hydroxyl groups excluding tert-OH is 1. The second-order valence-electron chi connectivity index (χ2n) is 4.19. The smallest absolute Gasteiger partial charge is 0.203 e. The fourth-order valence-corrected chi connectivity index (χ4v) is 1.90. The standard InChI is InChI=1S/C13H15ClN4O2/c1-8-2-3-10(14)4-9(8)6-16-13(17-7-19)11-5-12(15)18-20-11/h2-5,19H,6-7H2,1H3,(H2,15,18)(H,16,17). The lowest BCUT2D eigenvalue weighted by molar-refractivity contribution is 0.308. The van der Waals surface area contributed by atoms with Crippen molar-refractivity contribution >= 4 is 23.3 Å². The quantitative estimate of drug-likeness (QED) is 0.589. The van der Waals surface area contributed by atoms with E-state index < -0.39 is 0 Å². The number of aromatic nitrogens is 1. The number of nitrogens with one attached hydrogen (secondary N) is 1. The van der Waals surface area contributed by atoms with Gasteiger partial charge in [0.05, 0.1) is 0 Å². The van der Waals surface area contributed by atoms with E-state index in [0.29, 0.717) is 23.2 Å². The summed E-state index contributed by atoms with van der Waals surface area (Å²) in [5.74, 6) is 1.01. The molecule has 0 fully saturated rings. The van der Waals surface area contributed by atoms with Crippen LogP contribution in [0.5, 0.6) is 0 Å². The van der Waals surface area contributed by atoms with Crippen LogP contribution in [0.25, 0.3) is 0 Å². The van der Waals surface area contributed by atoms with Gasteiger partial charge in [-0.1, -0.05) is 22.8 Å². The van der Waals surface area contributed by atoms with Gasteiger partial charge in [0.2, 0.25) is 5.76 Å². The SMILES string of the molecule is Cc1ccc(Cl)cc1CN/C(=N\CO)c1cc(N)no1. The number of aliphatic imine (C=N–C) groups is 1. The van der Waals surface area contributed by atoms with Crippen molar-refractivity contribution in [3.63, 3.8) is 0 Å². The first-order valence-corrected chi connectivity index (χ1v) is 6.34. The van der Waals surface area contributed by atoms with E-state index >= 15 is 0 Å². The van der Waals surface area contributed by atoms with Crippen molar-refractivity contribution in [3.8, 4) is 0 Å². The van der Waals surface area contributed by atoms with Crippen LogP contribution in [0.4, 0.5) is 5.82 Å². The van der Waals surface area contributed by atoms with Crippen LogP contribution < -0.4 is 11.1 Å². The average molecular weight is 295 g/mol. The topological polar surface area (TPSA) is 96.7 Å². The number of hydrogen-bond acceptors (Lipinski definition) is 5. The maximum atomic E-state index is 8.96. The van der Waals surface area contributed by atoms with Crippen LogP contribution in [0.2, 0.25) is 5.02 Å². The number of aliphatic hydroxyl groups is 1. The number of aryl methyl sites for hydroxylation is 1. The van der Waals surface area contributed by atoms with Crippen LogP contribution in [0, 0.1) is 6.92 Å². The van der Waals surface area contributed by atoms with Crippen LogP contribution in [-0.2, 0) is 6.54 Å². The van der Waals surface area contributed by atoms with Crippen molar-refractivity contribution in [1.82, 2.24) is 10.5 Å². The molecule has 0 aliphatic carbocycles. The van der Waals surface area contributed by atoms with E-state index in [1.165, 1.54) is 6.07 Å². The summed E-state index contributed by atoms with van der Waals surface area (Å²) in [6.07, 6.45) is 0. The van der Waals surface area contributed by atoms with Crippen LogP contribution >= 0.6 is 11.6 Å². The third kappa shape index (κ3) is 3.49. The summed E-state index contributed by atoms with van der Waals surface area (Å²) in [5.41, 5.74) is 7.62. The Morgan fingerprint density at radius 1 is 1.50 bits per heavy atom. The zero-order valence-electron chi connectivity index (χ0n) is 10.9. The van der Waals surface area contributed by atoms with Crippen LogP contribution in [0.1, 0.15) is 16.9 Å². The molecule has 4 N–H and O–H groups in total. The molecule has 0 unspecified atom stereocenters. The van der Waals surface area contributed by atoms with E-state index in [1.807, 2.05) is 25.1 Å². The highest BCUT2D eigenvalue weighted by Gasteiger charge is 2.10. The van der Waals surface area contributed by atoms with Crippen LogP contribution in [-0.4, -0.2) is 22.8 Å². The number of nitrogens with two attached hydrogens (primary N) is 1. The number of nitrogens with zero attached hydrogens (tertiary/aromatic N) is 2. The molecular weight excluding hydrogens is 280 g/mol. The van der Waals surface area contributed by atoms with E-state index in [9.17, 15) is 0 Å². The number of halogens is 1. The summed E-state index contributed by atoms with van der Waals surface area (Å²) in [6.45, 7) is 2.12. The molecule has 0 spiro atoms. The zero-order valence-corrected chi connectivity index (χ0v) is 11.7. The highest BCUT2D eigenvalue weighted by molar-refractivity contribution is 6.30. The molecule has 0 bridgehead atoms. The predicted molar refractivity (Wildman–Crippen MR) is 77.6 cm³/mol. The van der Waals surface area contributed by atoms with Gasteiger partial charge in [0.25, 0.3) is 0 Å². The Morgan fingerprint density at radius 2 is 2.30 bits per heavy atom. The lowest BCUT2D eigenvalue weighted by atomic mass is 10.1. The van der Waals surface area contributed by atoms with Gasteiger partial charge in [-0.05, 0) is 30.2 Å². The Morgan fingerprint density at radius 3 is 2.95 bits per heavy atom. The predicted octanol–water partition coefficient (Wildman–Crippen LogP) is 1.70. The van der Waals surface area contributed by atoms with Crippen molar-refractivity contribution in [1.29, 1.82) is 0 Å². The minimum absolute atomic E-state index is 0.256. The highest BCUT2D eigenvalue weighted by atomic mass is 35.5. The molecule has 0 radical (unpaired) electrons. The summed E-state index contributed by atoms with van der Waals surface area (Å²) in [4.78, 5) is 3.91. The van der Waals surface area contributed by atoms with Crippen LogP contribution in [0.3, 0.4) is 0 Å². The van der Waals surface area contributed by atoms with Gasteiger partial charge in [0, 0.05) is 17.6 Å². The number of nitrogen functional groups attached to an aromatic ring is 1. The molecule has 2 rings (SSSR count). The largest absolute Gasteiger partial charge is 0.381 e. The molecular formula is C13H15ClN4O2. The number of benzene rings is 1. The van der Waals surface area contributed by atoms with Crippen molar-refractivity contribution in [2.24, 2.45) is 4.99 Å². The second-order valence-corrected chi connectivity index (χ2v) is 4.62. The molecule has 7 heteroatoms. The number of anilines is 1. The highest BCUT2D eigenvalue weighted by Crippen LogP contribution is 2.15. The van der Waals surface area contributed by atoms with Crippen molar-refractivity contribution in [2.45, 2.75) is 13.5 Å². The zero-order chi connectivity index (χ0) is 14.5. The molecule has 0 atom stereocenters. The fraction of sp³-hybridized carbons (Fsp3) is 0.231. The Kier molecular flexibility index (Phi) is 4.60. The Bertz CT molecular complexity index is 625. The van der Waals surface area contributed by atoms with Gasteiger partial charge in [0.1, 0.15) is 6.73 Å². The molecule has 106 valence electrons. The molecule has 0 amide bonds. The molecule has 0 saturated heterocycles. The summed E-state index contributed by atoms with van der Waals surface area (Å²) >= 11 is 5.97. The first-order valence-electron chi connectivity index (χ1n) is 5.97. The first-order chi connectivity index (χ1) is 9.60. The van der Waals surface area contributed by atoms with Gasteiger partial charge in [-0.15, -0.1) is 0 Å². The minimum atomic E-state index is -0.364. The lowest BCUT2D eigenvalue weighted by Crippen LogP contribution is -2.24. The Balaban J connectivity index is 2.14. The number of rotatable bonds is 4. The molecule has 6 nitrogen and oxygen atoms in total. The molecule has 0 aliphatic heterocycles.